The van der Waals surface area contributed by atoms with E-state index in [1.54, 1.807) is 0 Å². The molecule has 4 atom stereocenters. The van der Waals surface area contributed by atoms with Crippen molar-refractivity contribution in [2.24, 2.45) is 17.6 Å². The predicted octanol–water partition coefficient (Wildman–Crippen LogP) is 1.04. The molecule has 0 aliphatic heterocycles. The molecule has 2 aliphatic carbocycles. The lowest BCUT2D eigenvalue weighted by molar-refractivity contribution is -0.147. The molecule has 1 saturated carbocycles. The van der Waals surface area contributed by atoms with Crippen molar-refractivity contribution in [2.75, 3.05) is 0 Å². The van der Waals surface area contributed by atoms with Gasteiger partial charge in [-0.05, 0) is 25.7 Å². The van der Waals surface area contributed by atoms with E-state index in [9.17, 15) is 14.7 Å². The lowest BCUT2D eigenvalue weighted by atomic mass is 9.81. The summed E-state index contributed by atoms with van der Waals surface area (Å²) in [6.07, 6.45) is 8.68. The Bertz CT molecular complexity index is 381. The molecule has 4 unspecified atom stereocenters. The van der Waals surface area contributed by atoms with Gasteiger partial charge in [0.05, 0.1) is 11.8 Å². The summed E-state index contributed by atoms with van der Waals surface area (Å²) >= 11 is 0. The third kappa shape index (κ3) is 3.35. The maximum Gasteiger partial charge on any atom is 0.307 e. The van der Waals surface area contributed by atoms with Gasteiger partial charge in [0.1, 0.15) is 0 Å². The summed E-state index contributed by atoms with van der Waals surface area (Å²) in [6.45, 7) is 0. The molecule has 0 radical (unpaired) electrons. The summed E-state index contributed by atoms with van der Waals surface area (Å²) in [5.74, 6) is -2.11. The highest BCUT2D eigenvalue weighted by Gasteiger charge is 2.35. The molecule has 1 amide bonds. The maximum atomic E-state index is 12.3. The number of nitrogens with two attached hydrogens (primary N) is 1. The van der Waals surface area contributed by atoms with Gasteiger partial charge in [0.25, 0.3) is 0 Å². The molecule has 0 spiro atoms. The zero-order valence-electron chi connectivity index (χ0n) is 11.0. The highest BCUT2D eigenvalue weighted by molar-refractivity contribution is 5.85. The third-order valence-electron chi connectivity index (χ3n) is 4.23. The number of carbonyl (C=O) groups is 2. The summed E-state index contributed by atoms with van der Waals surface area (Å²) in [5.41, 5.74) is 6.01. The van der Waals surface area contributed by atoms with Crippen LogP contribution in [-0.2, 0) is 9.59 Å². The highest BCUT2D eigenvalue weighted by atomic mass is 16.4. The average molecular weight is 266 g/mol. The molecule has 0 bridgehead atoms. The SMILES string of the molecule is NC1CCCCC1NC(=O)C1CC=CCC1C(=O)O. The number of carboxylic acids is 1. The average Bonchev–Trinajstić information content (AvgIpc) is 2.41. The minimum atomic E-state index is -0.891. The van der Waals surface area contributed by atoms with E-state index in [1.165, 1.54) is 0 Å². The molecule has 2 rings (SSSR count). The van der Waals surface area contributed by atoms with Crippen molar-refractivity contribution in [3.05, 3.63) is 12.2 Å². The Morgan fingerprint density at radius 1 is 1.11 bits per heavy atom. The van der Waals surface area contributed by atoms with Gasteiger partial charge in [0, 0.05) is 12.1 Å². The van der Waals surface area contributed by atoms with Crippen LogP contribution in [-0.4, -0.2) is 29.1 Å². The Kier molecular flexibility index (Phi) is 4.58. The van der Waals surface area contributed by atoms with Crippen LogP contribution in [0.2, 0.25) is 0 Å². The second-order valence-electron chi connectivity index (χ2n) is 5.56. The molecule has 19 heavy (non-hydrogen) atoms. The van der Waals surface area contributed by atoms with Crippen LogP contribution in [0, 0.1) is 11.8 Å². The van der Waals surface area contributed by atoms with E-state index in [1.807, 2.05) is 12.2 Å². The summed E-state index contributed by atoms with van der Waals surface area (Å²) in [7, 11) is 0. The molecule has 0 aromatic heterocycles. The van der Waals surface area contributed by atoms with Crippen LogP contribution in [0.15, 0.2) is 12.2 Å². The quantitative estimate of drug-likeness (QED) is 0.665. The number of carboxylic acid groups (broad SMARTS) is 1. The number of carbonyl (C=O) groups excluding carboxylic acids is 1. The van der Waals surface area contributed by atoms with E-state index in [0.29, 0.717) is 12.8 Å². The fourth-order valence-corrected chi connectivity index (χ4v) is 3.01. The molecule has 0 saturated heterocycles. The molecular weight excluding hydrogens is 244 g/mol. The fourth-order valence-electron chi connectivity index (χ4n) is 3.01. The molecule has 0 aromatic carbocycles. The summed E-state index contributed by atoms with van der Waals surface area (Å²) < 4.78 is 0. The van der Waals surface area contributed by atoms with Gasteiger partial charge >= 0.3 is 5.97 Å². The maximum absolute atomic E-state index is 12.3. The molecule has 0 aromatic rings. The monoisotopic (exact) mass is 266 g/mol. The van der Waals surface area contributed by atoms with E-state index in [2.05, 4.69) is 5.32 Å². The second kappa shape index (κ2) is 6.19. The van der Waals surface area contributed by atoms with E-state index in [4.69, 9.17) is 5.73 Å². The summed E-state index contributed by atoms with van der Waals surface area (Å²) in [4.78, 5) is 23.5. The van der Waals surface area contributed by atoms with Gasteiger partial charge in [-0.25, -0.2) is 0 Å². The Morgan fingerprint density at radius 3 is 2.37 bits per heavy atom. The van der Waals surface area contributed by atoms with Crippen LogP contribution in [0.1, 0.15) is 38.5 Å². The van der Waals surface area contributed by atoms with Crippen LogP contribution in [0.3, 0.4) is 0 Å². The molecule has 1 fully saturated rings. The van der Waals surface area contributed by atoms with Crippen LogP contribution >= 0.6 is 0 Å². The number of rotatable bonds is 3. The van der Waals surface area contributed by atoms with Crippen molar-refractivity contribution in [1.29, 1.82) is 0 Å². The van der Waals surface area contributed by atoms with Crippen molar-refractivity contribution in [3.8, 4) is 0 Å². The summed E-state index contributed by atoms with van der Waals surface area (Å²) in [6, 6.07) is 0.00158. The zero-order chi connectivity index (χ0) is 13.8. The van der Waals surface area contributed by atoms with Gasteiger partial charge in [-0.15, -0.1) is 0 Å². The molecule has 5 heteroatoms. The number of amides is 1. The standard InChI is InChI=1S/C14H22N2O3/c15-11-7-3-4-8-12(11)16-13(17)9-5-1-2-6-10(9)14(18)19/h1-2,9-12H,3-8,15H2,(H,16,17)(H,18,19). The van der Waals surface area contributed by atoms with Crippen molar-refractivity contribution >= 4 is 11.9 Å². The molecule has 106 valence electrons. The lowest BCUT2D eigenvalue weighted by Crippen LogP contribution is -2.52. The fraction of sp³-hybridized carbons (Fsp3) is 0.714. The molecule has 4 N–H and O–H groups in total. The Labute approximate surface area is 113 Å². The first kappa shape index (κ1) is 14.1. The predicted molar refractivity (Wildman–Crippen MR) is 71.4 cm³/mol. The van der Waals surface area contributed by atoms with E-state index in [-0.39, 0.29) is 18.0 Å². The second-order valence-corrected chi connectivity index (χ2v) is 5.56. The third-order valence-corrected chi connectivity index (χ3v) is 4.23. The van der Waals surface area contributed by atoms with Crippen LogP contribution < -0.4 is 11.1 Å². The largest absolute Gasteiger partial charge is 0.481 e. The van der Waals surface area contributed by atoms with Crippen molar-refractivity contribution in [1.82, 2.24) is 5.32 Å². The first-order valence-electron chi connectivity index (χ1n) is 7.03. The van der Waals surface area contributed by atoms with E-state index in [0.717, 1.165) is 25.7 Å². The van der Waals surface area contributed by atoms with Gasteiger partial charge in [-0.2, -0.15) is 0 Å². The van der Waals surface area contributed by atoms with Gasteiger partial charge in [0.15, 0.2) is 0 Å². The topological polar surface area (TPSA) is 92.4 Å². The van der Waals surface area contributed by atoms with E-state index >= 15 is 0 Å². The minimum Gasteiger partial charge on any atom is -0.481 e. The Balaban J connectivity index is 1.97. The lowest BCUT2D eigenvalue weighted by Gasteiger charge is -2.32. The molecule has 5 nitrogen and oxygen atoms in total. The number of hydrogen-bond donors (Lipinski definition) is 3. The minimum absolute atomic E-state index is 0.000103. The van der Waals surface area contributed by atoms with Gasteiger partial charge < -0.3 is 16.2 Å². The Hall–Kier alpha value is -1.36. The first-order chi connectivity index (χ1) is 9.09. The smallest absolute Gasteiger partial charge is 0.307 e. The van der Waals surface area contributed by atoms with E-state index < -0.39 is 17.8 Å². The number of hydrogen-bond acceptors (Lipinski definition) is 3. The Morgan fingerprint density at radius 2 is 1.74 bits per heavy atom. The van der Waals surface area contributed by atoms with Crippen LogP contribution in [0.25, 0.3) is 0 Å². The molecular formula is C14H22N2O3. The number of aliphatic carboxylic acids is 1. The zero-order valence-corrected chi connectivity index (χ0v) is 11.0. The van der Waals surface area contributed by atoms with Gasteiger partial charge in [-0.3, -0.25) is 9.59 Å². The van der Waals surface area contributed by atoms with Gasteiger partial charge in [-0.1, -0.05) is 25.0 Å². The summed E-state index contributed by atoms with van der Waals surface area (Å²) in [5, 5.41) is 12.1. The highest BCUT2D eigenvalue weighted by Crippen LogP contribution is 2.27. The van der Waals surface area contributed by atoms with Crippen molar-refractivity contribution in [3.63, 3.8) is 0 Å². The normalized spacial score (nSPS) is 34.8. The number of allylic oxidation sites excluding steroid dienone is 2. The van der Waals surface area contributed by atoms with Crippen LogP contribution in [0.4, 0.5) is 0 Å². The van der Waals surface area contributed by atoms with Crippen molar-refractivity contribution < 1.29 is 14.7 Å². The number of nitrogens with one attached hydrogen (secondary N) is 1. The van der Waals surface area contributed by atoms with Crippen molar-refractivity contribution in [2.45, 2.75) is 50.6 Å². The van der Waals surface area contributed by atoms with Crippen LogP contribution in [0.5, 0.6) is 0 Å². The first-order valence-corrected chi connectivity index (χ1v) is 7.03. The van der Waals surface area contributed by atoms with Gasteiger partial charge in [0.2, 0.25) is 5.91 Å². The molecule has 2 aliphatic rings. The molecule has 0 heterocycles.